The molecule has 0 atom stereocenters. The molecule has 6 rings (SSSR count). The number of ether oxygens (including phenoxy) is 3. The number of phenols is 1. The van der Waals surface area contributed by atoms with Crippen LogP contribution in [0.4, 0.5) is 0 Å². The van der Waals surface area contributed by atoms with Gasteiger partial charge in [0.1, 0.15) is 41.4 Å². The van der Waals surface area contributed by atoms with E-state index in [2.05, 4.69) is 9.97 Å². The van der Waals surface area contributed by atoms with Gasteiger partial charge in [-0.2, -0.15) is 0 Å². The van der Waals surface area contributed by atoms with E-state index in [0.29, 0.717) is 41.1 Å². The second-order valence-corrected chi connectivity index (χ2v) is 10.9. The van der Waals surface area contributed by atoms with Crippen molar-refractivity contribution in [3.8, 4) is 28.9 Å². The Morgan fingerprint density at radius 1 is 0.571 bits per heavy atom. The standard InChI is InChI=1S/C20H17NO3.C13H12O2.C7H6ClNO/c1-15(22)17-7-12-20(21-13-17)24-19-10-8-18(9-11-19)23-14-16-5-3-2-4-6-16;14-12-6-8-13(9-7-12)15-10-11-4-2-1-3-5-11;1-5(10)6-2-3-7(8)9-4-6/h2-13H,14H2,1H3;1-9,14H,10H2;2-4H,1H3. The van der Waals surface area contributed by atoms with Gasteiger partial charge in [-0.25, -0.2) is 9.97 Å². The highest BCUT2D eigenvalue weighted by atomic mass is 35.5. The van der Waals surface area contributed by atoms with Crippen LogP contribution >= 0.6 is 11.6 Å². The number of Topliss-reactive ketones (excluding diaryl/α,β-unsaturated/α-hetero) is 2. The molecule has 9 heteroatoms. The third kappa shape index (κ3) is 13.0. The van der Waals surface area contributed by atoms with E-state index in [1.54, 1.807) is 48.5 Å². The van der Waals surface area contributed by atoms with Crippen LogP contribution in [0.15, 0.2) is 146 Å². The molecule has 0 radical (unpaired) electrons. The molecular weight excluding hydrogens is 640 g/mol. The molecule has 0 fully saturated rings. The van der Waals surface area contributed by atoms with Crippen molar-refractivity contribution in [1.82, 2.24) is 9.97 Å². The predicted octanol–water partition coefficient (Wildman–Crippen LogP) is 9.56. The molecule has 1 N–H and O–H groups in total. The van der Waals surface area contributed by atoms with Crippen LogP contribution in [0.3, 0.4) is 0 Å². The lowest BCUT2D eigenvalue weighted by Crippen LogP contribution is -1.95. The molecule has 0 aliphatic heterocycles. The zero-order valence-electron chi connectivity index (χ0n) is 27.0. The molecule has 0 saturated heterocycles. The number of hydrogen-bond donors (Lipinski definition) is 1. The summed E-state index contributed by atoms with van der Waals surface area (Å²) < 4.78 is 16.9. The summed E-state index contributed by atoms with van der Waals surface area (Å²) in [7, 11) is 0. The lowest BCUT2D eigenvalue weighted by atomic mass is 10.2. The van der Waals surface area contributed by atoms with Gasteiger partial charge in [-0.3, -0.25) is 9.59 Å². The van der Waals surface area contributed by atoms with Gasteiger partial charge >= 0.3 is 0 Å². The van der Waals surface area contributed by atoms with Crippen molar-refractivity contribution in [3.05, 3.63) is 173 Å². The molecule has 6 aromatic rings. The molecular formula is C40H35ClN2O6. The number of phenolic OH excluding ortho intramolecular Hbond substituents is 1. The first kappa shape index (κ1) is 35.9. The van der Waals surface area contributed by atoms with Crippen molar-refractivity contribution in [2.45, 2.75) is 27.1 Å². The van der Waals surface area contributed by atoms with Crippen molar-refractivity contribution in [1.29, 1.82) is 0 Å². The number of pyridine rings is 2. The average molecular weight is 675 g/mol. The number of carbonyl (C=O) groups is 2. The highest BCUT2D eigenvalue weighted by Crippen LogP contribution is 2.23. The van der Waals surface area contributed by atoms with Crippen LogP contribution in [0.2, 0.25) is 5.15 Å². The maximum Gasteiger partial charge on any atom is 0.219 e. The smallest absolute Gasteiger partial charge is 0.219 e. The summed E-state index contributed by atoms with van der Waals surface area (Å²) in [6, 6.07) is 40.6. The molecule has 2 heterocycles. The fraction of sp³-hybridized carbons (Fsp3) is 0.100. The molecule has 49 heavy (non-hydrogen) atoms. The molecule has 0 bridgehead atoms. The van der Waals surface area contributed by atoms with Crippen molar-refractivity contribution in [3.63, 3.8) is 0 Å². The van der Waals surface area contributed by atoms with Gasteiger partial charge in [0.25, 0.3) is 0 Å². The fourth-order valence-corrected chi connectivity index (χ4v) is 4.09. The van der Waals surface area contributed by atoms with Crippen LogP contribution in [-0.2, 0) is 13.2 Å². The predicted molar refractivity (Wildman–Crippen MR) is 190 cm³/mol. The first-order valence-electron chi connectivity index (χ1n) is 15.2. The number of benzene rings is 4. The van der Waals surface area contributed by atoms with E-state index in [4.69, 9.17) is 30.9 Å². The summed E-state index contributed by atoms with van der Waals surface area (Å²) in [5, 5.41) is 9.49. The highest BCUT2D eigenvalue weighted by molar-refractivity contribution is 6.29. The number of carbonyl (C=O) groups excluding carboxylic acids is 2. The van der Waals surface area contributed by atoms with Crippen molar-refractivity contribution in [2.75, 3.05) is 0 Å². The minimum Gasteiger partial charge on any atom is -0.508 e. The molecule has 4 aromatic carbocycles. The minimum absolute atomic E-state index is 0.00386. The number of rotatable bonds is 10. The van der Waals surface area contributed by atoms with Crippen LogP contribution in [0.5, 0.6) is 28.9 Å². The summed E-state index contributed by atoms with van der Waals surface area (Å²) in [5.41, 5.74) is 3.40. The van der Waals surface area contributed by atoms with Crippen LogP contribution in [-0.4, -0.2) is 26.6 Å². The van der Waals surface area contributed by atoms with Gasteiger partial charge in [0.15, 0.2) is 11.6 Å². The third-order valence-electron chi connectivity index (χ3n) is 6.66. The van der Waals surface area contributed by atoms with E-state index < -0.39 is 0 Å². The number of ketones is 2. The van der Waals surface area contributed by atoms with E-state index in [-0.39, 0.29) is 17.3 Å². The first-order chi connectivity index (χ1) is 23.7. The maximum atomic E-state index is 11.2. The lowest BCUT2D eigenvalue weighted by Gasteiger charge is -2.08. The Morgan fingerprint density at radius 3 is 1.45 bits per heavy atom. The Labute approximate surface area is 290 Å². The number of aromatic hydroxyl groups is 1. The third-order valence-corrected chi connectivity index (χ3v) is 6.88. The fourth-order valence-electron chi connectivity index (χ4n) is 3.98. The van der Waals surface area contributed by atoms with Gasteiger partial charge < -0.3 is 19.3 Å². The van der Waals surface area contributed by atoms with Crippen LogP contribution in [0.25, 0.3) is 0 Å². The van der Waals surface area contributed by atoms with Crippen LogP contribution in [0.1, 0.15) is 45.7 Å². The zero-order valence-corrected chi connectivity index (χ0v) is 27.8. The van der Waals surface area contributed by atoms with Gasteiger partial charge in [0, 0.05) is 29.6 Å². The van der Waals surface area contributed by atoms with Crippen LogP contribution in [0, 0.1) is 0 Å². The number of nitrogens with zero attached hydrogens (tertiary/aromatic N) is 2. The number of aromatic nitrogens is 2. The largest absolute Gasteiger partial charge is 0.508 e. The van der Waals surface area contributed by atoms with Crippen molar-refractivity contribution >= 4 is 23.2 Å². The maximum absolute atomic E-state index is 11.2. The Hall–Kier alpha value is -5.99. The van der Waals surface area contributed by atoms with Crippen molar-refractivity contribution in [2.24, 2.45) is 0 Å². The first-order valence-corrected chi connectivity index (χ1v) is 15.6. The molecule has 0 unspecified atom stereocenters. The number of halogens is 1. The van der Waals surface area contributed by atoms with Gasteiger partial charge in [-0.05, 0) is 91.7 Å². The summed E-state index contributed by atoms with van der Waals surface area (Å²) in [5.74, 6) is 2.87. The molecule has 0 saturated carbocycles. The molecule has 0 aliphatic rings. The average Bonchev–Trinajstić information content (AvgIpc) is 3.13. The molecule has 0 amide bonds. The van der Waals surface area contributed by atoms with Gasteiger partial charge in [-0.1, -0.05) is 72.3 Å². The highest BCUT2D eigenvalue weighted by Gasteiger charge is 2.03. The SMILES string of the molecule is CC(=O)c1ccc(Cl)nc1.CC(=O)c1ccc(Oc2ccc(OCc3ccccc3)cc2)nc1.Oc1ccc(OCc2ccccc2)cc1. The van der Waals surface area contributed by atoms with E-state index in [1.807, 2.05) is 84.9 Å². The second kappa shape index (κ2) is 19.0. The molecule has 8 nitrogen and oxygen atoms in total. The van der Waals surface area contributed by atoms with Gasteiger partial charge in [-0.15, -0.1) is 0 Å². The minimum atomic E-state index is -0.0195. The molecule has 248 valence electrons. The normalized spacial score (nSPS) is 9.94. The van der Waals surface area contributed by atoms with E-state index in [9.17, 15) is 9.59 Å². The molecule has 0 aliphatic carbocycles. The molecule has 2 aromatic heterocycles. The Kier molecular flexibility index (Phi) is 13.9. The Bertz CT molecular complexity index is 1870. The topological polar surface area (TPSA) is 108 Å². The van der Waals surface area contributed by atoms with Gasteiger partial charge in [0.05, 0.1) is 0 Å². The summed E-state index contributed by atoms with van der Waals surface area (Å²) >= 11 is 5.49. The zero-order chi connectivity index (χ0) is 34.8. The Morgan fingerprint density at radius 2 is 1.02 bits per heavy atom. The van der Waals surface area contributed by atoms with E-state index in [0.717, 1.165) is 22.6 Å². The number of hydrogen-bond acceptors (Lipinski definition) is 8. The monoisotopic (exact) mass is 674 g/mol. The van der Waals surface area contributed by atoms with E-state index in [1.165, 1.54) is 26.2 Å². The lowest BCUT2D eigenvalue weighted by molar-refractivity contribution is 0.100. The second-order valence-electron chi connectivity index (χ2n) is 10.5. The summed E-state index contributed by atoms with van der Waals surface area (Å²) in [4.78, 5) is 29.8. The van der Waals surface area contributed by atoms with Crippen LogP contribution < -0.4 is 14.2 Å². The summed E-state index contributed by atoms with van der Waals surface area (Å²) in [6.07, 6.45) is 2.97. The van der Waals surface area contributed by atoms with Crippen molar-refractivity contribution < 1.29 is 28.9 Å². The van der Waals surface area contributed by atoms with Gasteiger partial charge in [0.2, 0.25) is 5.88 Å². The summed E-state index contributed by atoms with van der Waals surface area (Å²) in [6.45, 7) is 4.07. The quantitative estimate of drug-likeness (QED) is 0.113. The Balaban J connectivity index is 0.000000184. The molecule has 0 spiro atoms. The van der Waals surface area contributed by atoms with E-state index >= 15 is 0 Å².